The molecule has 25 heavy (non-hydrogen) atoms. The van der Waals surface area contributed by atoms with Crippen LogP contribution in [0.15, 0.2) is 11.3 Å². The smallest absolute Gasteiger partial charge is 0.223 e. The predicted octanol–water partition coefficient (Wildman–Crippen LogP) is 0.884. The molecule has 1 amide bonds. The molecule has 8 nitrogen and oxygen atoms in total. The zero-order valence-corrected chi connectivity index (χ0v) is 15.3. The number of nitriles is 1. The molecule has 1 aliphatic carbocycles. The number of nitrogens with zero attached hydrogens (tertiary/aromatic N) is 3. The van der Waals surface area contributed by atoms with Crippen LogP contribution in [0.4, 0.5) is 0 Å². The molecule has 0 atom stereocenters. The molecule has 0 aromatic carbocycles. The third-order valence-corrected chi connectivity index (χ3v) is 4.99. The Labute approximate surface area is 152 Å². The van der Waals surface area contributed by atoms with Crippen molar-refractivity contribution in [1.82, 2.24) is 25.9 Å². The molecule has 9 heteroatoms. The van der Waals surface area contributed by atoms with E-state index in [1.807, 2.05) is 13.1 Å². The molecule has 1 heterocycles. The number of thioether (sulfide) groups is 1. The predicted molar refractivity (Wildman–Crippen MR) is 98.9 cm³/mol. The Morgan fingerprint density at radius 3 is 2.92 bits per heavy atom. The summed E-state index contributed by atoms with van der Waals surface area (Å²) in [4.78, 5) is 23.4. The zero-order valence-electron chi connectivity index (χ0n) is 14.5. The number of hydrogen-bond donors (Lipinski definition) is 4. The van der Waals surface area contributed by atoms with Crippen molar-refractivity contribution in [3.63, 3.8) is 0 Å². The first-order chi connectivity index (χ1) is 12.2. The topological polar surface area (TPSA) is 118 Å². The molecule has 1 aromatic heterocycles. The van der Waals surface area contributed by atoms with E-state index in [9.17, 15) is 4.79 Å². The molecule has 1 saturated carbocycles. The largest absolute Gasteiger partial charge is 0.354 e. The van der Waals surface area contributed by atoms with E-state index in [0.717, 1.165) is 42.2 Å². The summed E-state index contributed by atoms with van der Waals surface area (Å²) in [7, 11) is 0. The van der Waals surface area contributed by atoms with Crippen LogP contribution in [0.2, 0.25) is 0 Å². The first-order valence-electron chi connectivity index (χ1n) is 8.48. The maximum absolute atomic E-state index is 11.7. The van der Waals surface area contributed by atoms with Gasteiger partial charge in [-0.05, 0) is 19.8 Å². The fourth-order valence-electron chi connectivity index (χ4n) is 2.30. The summed E-state index contributed by atoms with van der Waals surface area (Å²) in [5.41, 5.74) is 2.15. The van der Waals surface area contributed by atoms with E-state index < -0.39 is 0 Å². The van der Waals surface area contributed by atoms with E-state index in [2.05, 4.69) is 30.9 Å². The zero-order chi connectivity index (χ0) is 17.9. The van der Waals surface area contributed by atoms with E-state index in [-0.39, 0.29) is 11.8 Å². The van der Waals surface area contributed by atoms with Gasteiger partial charge in [-0.1, -0.05) is 6.42 Å². The maximum Gasteiger partial charge on any atom is 0.223 e. The highest BCUT2D eigenvalue weighted by atomic mass is 32.2. The minimum absolute atomic E-state index is 0.129. The molecule has 0 unspecified atom stereocenters. The van der Waals surface area contributed by atoms with Crippen molar-refractivity contribution in [2.75, 3.05) is 25.4 Å². The summed E-state index contributed by atoms with van der Waals surface area (Å²) < 4.78 is 0. The summed E-state index contributed by atoms with van der Waals surface area (Å²) in [6.45, 7) is 3.66. The number of aromatic nitrogens is 2. The van der Waals surface area contributed by atoms with Crippen molar-refractivity contribution in [2.24, 2.45) is 10.9 Å². The molecule has 1 fully saturated rings. The minimum Gasteiger partial charge on any atom is -0.354 e. The number of carbonyl (C=O) groups is 1. The van der Waals surface area contributed by atoms with Gasteiger partial charge in [-0.25, -0.2) is 4.98 Å². The SMILES string of the molecule is Cc1[nH]cnc1CSCCN=C(NC#N)NCCNC(=O)C1CCC1. The highest BCUT2D eigenvalue weighted by Crippen LogP contribution is 2.25. The van der Waals surface area contributed by atoms with Crippen molar-refractivity contribution >= 4 is 23.6 Å². The lowest BCUT2D eigenvalue weighted by Gasteiger charge is -2.24. The number of aromatic amines is 1. The fourth-order valence-corrected chi connectivity index (χ4v) is 3.15. The molecule has 1 aromatic rings. The molecule has 0 spiro atoms. The van der Waals surface area contributed by atoms with Gasteiger partial charge in [0.1, 0.15) is 0 Å². The van der Waals surface area contributed by atoms with Crippen molar-refractivity contribution in [3.05, 3.63) is 17.7 Å². The van der Waals surface area contributed by atoms with Crippen LogP contribution in [0.25, 0.3) is 0 Å². The van der Waals surface area contributed by atoms with Gasteiger partial charge >= 0.3 is 0 Å². The van der Waals surface area contributed by atoms with Gasteiger partial charge in [-0.15, -0.1) is 0 Å². The molecular weight excluding hydrogens is 338 g/mol. The first kappa shape index (κ1) is 19.1. The average Bonchev–Trinajstić information content (AvgIpc) is 2.94. The number of imidazole rings is 1. The second kappa shape index (κ2) is 10.6. The second-order valence-electron chi connectivity index (χ2n) is 5.84. The van der Waals surface area contributed by atoms with Crippen LogP contribution < -0.4 is 16.0 Å². The van der Waals surface area contributed by atoms with Gasteiger partial charge in [0.25, 0.3) is 0 Å². The number of aliphatic imine (C=N–C) groups is 1. The lowest BCUT2D eigenvalue weighted by molar-refractivity contribution is -0.127. The molecule has 2 rings (SSSR count). The van der Waals surface area contributed by atoms with Crippen LogP contribution in [-0.4, -0.2) is 47.2 Å². The van der Waals surface area contributed by atoms with Crippen molar-refractivity contribution in [3.8, 4) is 6.19 Å². The number of rotatable bonds is 9. The molecule has 0 aliphatic heterocycles. The fraction of sp³-hybridized carbons (Fsp3) is 0.625. The highest BCUT2D eigenvalue weighted by Gasteiger charge is 2.24. The van der Waals surface area contributed by atoms with Crippen LogP contribution in [0.3, 0.4) is 0 Å². The van der Waals surface area contributed by atoms with Gasteiger partial charge in [0.2, 0.25) is 11.9 Å². The number of amides is 1. The lowest BCUT2D eigenvalue weighted by atomic mass is 9.85. The number of nitrogens with one attached hydrogen (secondary N) is 4. The minimum atomic E-state index is 0.129. The normalized spacial score (nSPS) is 14.5. The monoisotopic (exact) mass is 363 g/mol. The molecule has 0 radical (unpaired) electrons. The van der Waals surface area contributed by atoms with E-state index in [0.29, 0.717) is 25.6 Å². The van der Waals surface area contributed by atoms with Gasteiger partial charge in [0.05, 0.1) is 18.6 Å². The van der Waals surface area contributed by atoms with Gasteiger partial charge in [-0.2, -0.15) is 17.0 Å². The molecule has 1 aliphatic rings. The standard InChI is InChI=1S/C16H25N7OS/c1-12-14(23-11-22-12)9-25-8-7-20-16(21-10-17)19-6-5-18-15(24)13-3-2-4-13/h11,13H,2-9H2,1H3,(H,18,24)(H,22,23)(H2,19,20,21). The Bertz CT molecular complexity index is 618. The van der Waals surface area contributed by atoms with Crippen molar-refractivity contribution < 1.29 is 4.79 Å². The van der Waals surface area contributed by atoms with Crippen LogP contribution in [0.1, 0.15) is 30.7 Å². The summed E-state index contributed by atoms with van der Waals surface area (Å²) in [6.07, 6.45) is 6.72. The van der Waals surface area contributed by atoms with Crippen LogP contribution >= 0.6 is 11.8 Å². The van der Waals surface area contributed by atoms with Crippen LogP contribution in [0, 0.1) is 24.3 Å². The number of H-pyrrole nitrogens is 1. The van der Waals surface area contributed by atoms with Crippen molar-refractivity contribution in [1.29, 1.82) is 5.26 Å². The van der Waals surface area contributed by atoms with Gasteiger partial charge < -0.3 is 15.6 Å². The summed E-state index contributed by atoms with van der Waals surface area (Å²) in [6, 6.07) is 0. The Morgan fingerprint density at radius 1 is 1.48 bits per heavy atom. The maximum atomic E-state index is 11.7. The summed E-state index contributed by atoms with van der Waals surface area (Å²) in [5.74, 6) is 2.44. The van der Waals surface area contributed by atoms with Crippen LogP contribution in [0.5, 0.6) is 0 Å². The van der Waals surface area contributed by atoms with E-state index >= 15 is 0 Å². The number of carbonyl (C=O) groups excluding carboxylic acids is 1. The lowest BCUT2D eigenvalue weighted by Crippen LogP contribution is -2.42. The van der Waals surface area contributed by atoms with Crippen molar-refractivity contribution in [2.45, 2.75) is 31.9 Å². The number of hydrogen-bond acceptors (Lipinski definition) is 5. The molecule has 136 valence electrons. The molecule has 0 bridgehead atoms. The third kappa shape index (κ3) is 6.66. The molecule has 4 N–H and O–H groups in total. The van der Waals surface area contributed by atoms with E-state index in [1.54, 1.807) is 18.1 Å². The average molecular weight is 363 g/mol. The van der Waals surface area contributed by atoms with Gasteiger partial charge in [-0.3, -0.25) is 15.1 Å². The van der Waals surface area contributed by atoms with E-state index in [4.69, 9.17) is 5.26 Å². The molecule has 0 saturated heterocycles. The summed E-state index contributed by atoms with van der Waals surface area (Å²) >= 11 is 1.74. The summed E-state index contributed by atoms with van der Waals surface area (Å²) in [5, 5.41) is 17.3. The Morgan fingerprint density at radius 2 is 2.28 bits per heavy atom. The Kier molecular flexibility index (Phi) is 8.12. The second-order valence-corrected chi connectivity index (χ2v) is 6.94. The van der Waals surface area contributed by atoms with E-state index in [1.165, 1.54) is 0 Å². The number of guanidine groups is 1. The quantitative estimate of drug-likeness (QED) is 0.170. The van der Waals surface area contributed by atoms with Crippen LogP contribution in [-0.2, 0) is 10.5 Å². The highest BCUT2D eigenvalue weighted by molar-refractivity contribution is 7.98. The Hall–Kier alpha value is -2.21. The Balaban J connectivity index is 1.59. The third-order valence-electron chi connectivity index (χ3n) is 4.05. The number of aryl methyl sites for hydroxylation is 1. The first-order valence-corrected chi connectivity index (χ1v) is 9.64. The molecular formula is C16H25N7OS. The van der Waals surface area contributed by atoms with Gasteiger partial charge in [0, 0.05) is 36.2 Å². The van der Waals surface area contributed by atoms with Gasteiger partial charge in [0.15, 0.2) is 6.19 Å².